The van der Waals surface area contributed by atoms with Crippen molar-refractivity contribution in [3.05, 3.63) is 92.3 Å². The van der Waals surface area contributed by atoms with E-state index in [2.05, 4.69) is 20.8 Å². The maximum absolute atomic E-state index is 6.33. The van der Waals surface area contributed by atoms with Crippen LogP contribution in [0.5, 0.6) is 0 Å². The summed E-state index contributed by atoms with van der Waals surface area (Å²) in [5, 5.41) is 17.9. The molecule has 0 fully saturated rings. The number of hydrogen-bond donors (Lipinski definition) is 2. The molecule has 0 unspecified atom stereocenters. The molecule has 4 aromatic rings. The van der Waals surface area contributed by atoms with Crippen molar-refractivity contribution in [1.82, 2.24) is 19.6 Å². The summed E-state index contributed by atoms with van der Waals surface area (Å²) in [6.45, 7) is 5.07. The van der Waals surface area contributed by atoms with Gasteiger partial charge in [0.05, 0.1) is 30.2 Å². The number of benzene rings is 2. The van der Waals surface area contributed by atoms with Crippen molar-refractivity contribution >= 4 is 63.6 Å². The van der Waals surface area contributed by atoms with Crippen molar-refractivity contribution in [1.29, 1.82) is 0 Å². The third-order valence-corrected chi connectivity index (χ3v) is 6.14. The normalized spacial score (nSPS) is 10.9. The first-order valence-corrected chi connectivity index (χ1v) is 11.7. The zero-order valence-corrected chi connectivity index (χ0v) is 21.0. The van der Waals surface area contributed by atoms with Crippen LogP contribution < -0.4 is 10.6 Å². The standard InChI is InChI=1S/C23H21Cl3N6S/c1-14-22(15(2)32(29-14)13-17-5-8-19(25)11-20(17)26)28-23(33)27-21-9-10-31(30-21)12-16-3-6-18(24)7-4-16/h3-11H,12-13H2,1-2H3,(H2,27,28,30,33). The van der Waals surface area contributed by atoms with E-state index in [-0.39, 0.29) is 0 Å². The minimum absolute atomic E-state index is 0.432. The van der Waals surface area contributed by atoms with Crippen LogP contribution in [0.3, 0.4) is 0 Å². The Morgan fingerprint density at radius 3 is 2.36 bits per heavy atom. The van der Waals surface area contributed by atoms with Gasteiger partial charge in [-0.25, -0.2) is 0 Å². The molecule has 6 nitrogen and oxygen atoms in total. The van der Waals surface area contributed by atoms with Crippen LogP contribution in [0.4, 0.5) is 11.5 Å². The number of halogens is 3. The van der Waals surface area contributed by atoms with E-state index in [9.17, 15) is 0 Å². The fourth-order valence-electron chi connectivity index (χ4n) is 3.40. The van der Waals surface area contributed by atoms with Crippen molar-refractivity contribution in [2.24, 2.45) is 0 Å². The molecular weight excluding hydrogens is 499 g/mol. The summed E-state index contributed by atoms with van der Waals surface area (Å²) >= 11 is 23.8. The Morgan fingerprint density at radius 2 is 1.64 bits per heavy atom. The Labute approximate surface area is 212 Å². The molecule has 0 aliphatic rings. The first kappa shape index (κ1) is 23.6. The largest absolute Gasteiger partial charge is 0.329 e. The molecule has 2 N–H and O–H groups in total. The monoisotopic (exact) mass is 518 g/mol. The van der Waals surface area contributed by atoms with E-state index in [0.29, 0.717) is 39.1 Å². The Hall–Kier alpha value is -2.58. The van der Waals surface area contributed by atoms with Crippen molar-refractivity contribution in [2.45, 2.75) is 26.9 Å². The van der Waals surface area contributed by atoms with Crippen molar-refractivity contribution < 1.29 is 0 Å². The van der Waals surface area contributed by atoms with Crippen molar-refractivity contribution in [3.63, 3.8) is 0 Å². The Balaban J connectivity index is 1.40. The van der Waals surface area contributed by atoms with Crippen LogP contribution in [0.1, 0.15) is 22.5 Å². The highest BCUT2D eigenvalue weighted by Gasteiger charge is 2.15. The van der Waals surface area contributed by atoms with E-state index < -0.39 is 0 Å². The SMILES string of the molecule is Cc1nn(Cc2ccc(Cl)cc2Cl)c(C)c1NC(=S)Nc1ccn(Cc2ccc(Cl)cc2)n1. The van der Waals surface area contributed by atoms with Crippen LogP contribution in [0, 0.1) is 13.8 Å². The van der Waals surface area contributed by atoms with Gasteiger partial charge in [0.2, 0.25) is 0 Å². The summed E-state index contributed by atoms with van der Waals surface area (Å²) < 4.78 is 3.72. The van der Waals surface area contributed by atoms with Gasteiger partial charge in [-0.1, -0.05) is 53.0 Å². The lowest BCUT2D eigenvalue weighted by atomic mass is 10.2. The minimum atomic E-state index is 0.432. The summed E-state index contributed by atoms with van der Waals surface area (Å²) in [6.07, 6.45) is 1.89. The van der Waals surface area contributed by atoms with Crippen LogP contribution in [0.25, 0.3) is 0 Å². The number of aryl methyl sites for hydroxylation is 1. The fraction of sp³-hybridized carbons (Fsp3) is 0.174. The maximum atomic E-state index is 6.33. The number of thiocarbonyl (C=S) groups is 1. The topological polar surface area (TPSA) is 59.7 Å². The van der Waals surface area contributed by atoms with Gasteiger partial charge < -0.3 is 10.6 Å². The van der Waals surface area contributed by atoms with E-state index in [1.807, 2.05) is 71.9 Å². The van der Waals surface area contributed by atoms with Crippen molar-refractivity contribution in [2.75, 3.05) is 10.6 Å². The maximum Gasteiger partial charge on any atom is 0.176 e. The van der Waals surface area contributed by atoms with Gasteiger partial charge in [0.1, 0.15) is 0 Å². The quantitative estimate of drug-likeness (QED) is 0.282. The highest BCUT2D eigenvalue weighted by atomic mass is 35.5. The Morgan fingerprint density at radius 1 is 0.909 bits per heavy atom. The van der Waals surface area contributed by atoms with Crippen LogP contribution in [-0.4, -0.2) is 24.7 Å². The van der Waals surface area contributed by atoms with Gasteiger partial charge in [-0.15, -0.1) is 0 Å². The number of nitrogens with one attached hydrogen (secondary N) is 2. The highest BCUT2D eigenvalue weighted by Crippen LogP contribution is 2.25. The van der Waals surface area contributed by atoms with Gasteiger partial charge in [-0.2, -0.15) is 10.2 Å². The molecule has 170 valence electrons. The molecule has 0 atom stereocenters. The number of hydrogen-bond acceptors (Lipinski definition) is 3. The van der Waals surface area contributed by atoms with E-state index in [1.165, 1.54) is 0 Å². The predicted octanol–water partition coefficient (Wildman–Crippen LogP) is 6.56. The Kier molecular flexibility index (Phi) is 7.24. The van der Waals surface area contributed by atoms with E-state index in [0.717, 1.165) is 28.2 Å². The first-order chi connectivity index (χ1) is 15.8. The number of anilines is 2. The number of rotatable bonds is 6. The molecule has 2 aromatic heterocycles. The van der Waals surface area contributed by atoms with Gasteiger partial charge in [-0.3, -0.25) is 9.36 Å². The second-order valence-electron chi connectivity index (χ2n) is 7.54. The summed E-state index contributed by atoms with van der Waals surface area (Å²) in [7, 11) is 0. The van der Waals surface area contributed by atoms with Crippen LogP contribution in [0.15, 0.2) is 54.7 Å². The summed E-state index contributed by atoms with van der Waals surface area (Å²) in [5.74, 6) is 0.650. The fourth-order valence-corrected chi connectivity index (χ4v) is 4.20. The molecule has 0 aliphatic heterocycles. The first-order valence-electron chi connectivity index (χ1n) is 10.1. The molecule has 33 heavy (non-hydrogen) atoms. The van der Waals surface area contributed by atoms with E-state index >= 15 is 0 Å². The lowest BCUT2D eigenvalue weighted by Crippen LogP contribution is -2.20. The summed E-state index contributed by atoms with van der Waals surface area (Å²) in [5.41, 5.74) is 4.66. The summed E-state index contributed by atoms with van der Waals surface area (Å²) in [4.78, 5) is 0. The third kappa shape index (κ3) is 5.86. The molecule has 4 rings (SSSR count). The zero-order valence-electron chi connectivity index (χ0n) is 17.9. The second kappa shape index (κ2) is 10.1. The zero-order chi connectivity index (χ0) is 23.5. The van der Waals surface area contributed by atoms with Gasteiger partial charge in [0.15, 0.2) is 10.9 Å². The average Bonchev–Trinajstić information content (AvgIpc) is 3.30. The van der Waals surface area contributed by atoms with Gasteiger partial charge in [0, 0.05) is 27.3 Å². The van der Waals surface area contributed by atoms with E-state index in [1.54, 1.807) is 6.07 Å². The molecule has 2 heterocycles. The molecule has 0 saturated carbocycles. The van der Waals surface area contributed by atoms with Crippen molar-refractivity contribution in [3.8, 4) is 0 Å². The third-order valence-electron chi connectivity index (χ3n) is 5.10. The minimum Gasteiger partial charge on any atom is -0.329 e. The Bertz CT molecular complexity index is 1300. The summed E-state index contributed by atoms with van der Waals surface area (Å²) in [6, 6.07) is 15.0. The molecule has 0 amide bonds. The molecule has 0 aliphatic carbocycles. The smallest absolute Gasteiger partial charge is 0.176 e. The van der Waals surface area contributed by atoms with Gasteiger partial charge >= 0.3 is 0 Å². The lowest BCUT2D eigenvalue weighted by Gasteiger charge is -2.10. The number of aromatic nitrogens is 4. The molecule has 10 heteroatoms. The van der Waals surface area contributed by atoms with E-state index in [4.69, 9.17) is 47.0 Å². The molecule has 0 radical (unpaired) electrons. The van der Waals surface area contributed by atoms with Crippen LogP contribution in [0.2, 0.25) is 15.1 Å². The predicted molar refractivity (Wildman–Crippen MR) is 140 cm³/mol. The van der Waals surface area contributed by atoms with Gasteiger partial charge in [0.25, 0.3) is 0 Å². The molecule has 0 saturated heterocycles. The number of nitrogens with zero attached hydrogens (tertiary/aromatic N) is 4. The molecule has 0 bridgehead atoms. The molecule has 0 spiro atoms. The highest BCUT2D eigenvalue weighted by molar-refractivity contribution is 7.80. The van der Waals surface area contributed by atoms with Crippen LogP contribution >= 0.6 is 47.0 Å². The molecule has 2 aromatic carbocycles. The van der Waals surface area contributed by atoms with Crippen LogP contribution in [-0.2, 0) is 13.1 Å². The molecular formula is C23H21Cl3N6S. The lowest BCUT2D eigenvalue weighted by molar-refractivity contribution is 0.659. The second-order valence-corrected chi connectivity index (χ2v) is 9.23. The average molecular weight is 520 g/mol. The van der Waals surface area contributed by atoms with Gasteiger partial charge in [-0.05, 0) is 61.5 Å².